The predicted octanol–water partition coefficient (Wildman–Crippen LogP) is 1.93. The number of nitrogen functional groups attached to an aromatic ring is 1. The Balaban J connectivity index is 2.16. The summed E-state index contributed by atoms with van der Waals surface area (Å²) in [5.41, 5.74) is 5.12. The Hall–Kier alpha value is -1.92. The van der Waals surface area contributed by atoms with Crippen molar-refractivity contribution in [3.05, 3.63) is 23.8 Å². The average molecular weight is 273 g/mol. The summed E-state index contributed by atoms with van der Waals surface area (Å²) in [6.45, 7) is 0.622. The third-order valence-corrected chi connectivity index (χ3v) is 3.14. The number of carbonyl (C=O) groups excluding carboxylic acids is 1. The smallest absolute Gasteiger partial charge is 0.397 e. The van der Waals surface area contributed by atoms with Crippen LogP contribution in [0.2, 0.25) is 0 Å². The number of hydrogen-bond acceptors (Lipinski definition) is 3. The van der Waals surface area contributed by atoms with Crippen LogP contribution in [0.25, 0.3) is 0 Å². The fourth-order valence-corrected chi connectivity index (χ4v) is 2.01. The molecule has 1 aromatic carbocycles. The van der Waals surface area contributed by atoms with Crippen molar-refractivity contribution in [3.8, 4) is 0 Å². The van der Waals surface area contributed by atoms with E-state index in [1.165, 1.54) is 6.07 Å². The molecule has 1 aliphatic rings. The molecule has 0 aliphatic carbocycles. The first-order valence-electron chi connectivity index (χ1n) is 5.77. The Morgan fingerprint density at radius 3 is 2.58 bits per heavy atom. The van der Waals surface area contributed by atoms with Crippen molar-refractivity contribution < 1.29 is 18.0 Å². The van der Waals surface area contributed by atoms with Gasteiger partial charge >= 0.3 is 6.18 Å². The molecule has 1 atom stereocenters. The van der Waals surface area contributed by atoms with E-state index >= 15 is 0 Å². The Morgan fingerprint density at radius 2 is 2.11 bits per heavy atom. The molecule has 0 aromatic heterocycles. The third-order valence-electron chi connectivity index (χ3n) is 3.14. The van der Waals surface area contributed by atoms with Crippen LogP contribution in [0.5, 0.6) is 0 Å². The number of benzene rings is 1. The van der Waals surface area contributed by atoms with E-state index in [0.29, 0.717) is 18.7 Å². The van der Waals surface area contributed by atoms with Crippen molar-refractivity contribution in [3.63, 3.8) is 0 Å². The number of anilines is 2. The number of likely N-dealkylation sites (N-methyl/N-ethyl adjacent to an activating group) is 1. The molecular formula is C12H14F3N3O. The first-order valence-corrected chi connectivity index (χ1v) is 5.77. The molecule has 1 amide bonds. The van der Waals surface area contributed by atoms with Crippen LogP contribution in [0.15, 0.2) is 18.2 Å². The second-order valence-electron chi connectivity index (χ2n) is 4.55. The lowest BCUT2D eigenvalue weighted by Gasteiger charge is -2.16. The van der Waals surface area contributed by atoms with Gasteiger partial charge < -0.3 is 16.0 Å². The van der Waals surface area contributed by atoms with Gasteiger partial charge in [-0.15, -0.1) is 0 Å². The minimum Gasteiger partial charge on any atom is -0.397 e. The number of hydrogen-bond donors (Lipinski definition) is 2. The topological polar surface area (TPSA) is 58.4 Å². The number of nitrogens with one attached hydrogen (secondary N) is 1. The van der Waals surface area contributed by atoms with E-state index in [4.69, 9.17) is 5.73 Å². The minimum atomic E-state index is -4.42. The van der Waals surface area contributed by atoms with Crippen LogP contribution in [0.3, 0.4) is 0 Å². The number of carbonyl (C=O) groups is 1. The molecule has 4 nitrogen and oxygen atoms in total. The number of nitrogens with zero attached hydrogens (tertiary/aromatic N) is 1. The first-order chi connectivity index (χ1) is 8.79. The maximum absolute atomic E-state index is 12.5. The van der Waals surface area contributed by atoms with Crippen LogP contribution in [0.1, 0.15) is 12.0 Å². The minimum absolute atomic E-state index is 0.0165. The van der Waals surface area contributed by atoms with Gasteiger partial charge in [0.05, 0.1) is 16.9 Å². The van der Waals surface area contributed by atoms with Gasteiger partial charge in [0.25, 0.3) is 0 Å². The molecule has 2 rings (SSSR count). The molecule has 7 heteroatoms. The predicted molar refractivity (Wildman–Crippen MR) is 65.5 cm³/mol. The van der Waals surface area contributed by atoms with E-state index in [1.54, 1.807) is 11.9 Å². The lowest BCUT2D eigenvalue weighted by Crippen LogP contribution is -2.31. The van der Waals surface area contributed by atoms with Crippen LogP contribution in [0.4, 0.5) is 24.5 Å². The van der Waals surface area contributed by atoms with Gasteiger partial charge in [0.15, 0.2) is 0 Å². The van der Waals surface area contributed by atoms with E-state index in [1.807, 2.05) is 0 Å². The Morgan fingerprint density at radius 1 is 1.42 bits per heavy atom. The summed E-state index contributed by atoms with van der Waals surface area (Å²) in [6.07, 6.45) is -3.81. The third kappa shape index (κ3) is 2.74. The lowest BCUT2D eigenvalue weighted by molar-refractivity contribution is -0.137. The summed E-state index contributed by atoms with van der Waals surface area (Å²) in [4.78, 5) is 13.3. The number of halogens is 3. The number of amides is 1. The molecule has 0 spiro atoms. The van der Waals surface area contributed by atoms with Crippen molar-refractivity contribution in [2.75, 3.05) is 24.6 Å². The van der Waals surface area contributed by atoms with Gasteiger partial charge in [0.1, 0.15) is 6.04 Å². The summed E-state index contributed by atoms with van der Waals surface area (Å²) in [5, 5.41) is 2.88. The van der Waals surface area contributed by atoms with Gasteiger partial charge in [0.2, 0.25) is 5.91 Å². The Labute approximate surface area is 108 Å². The van der Waals surface area contributed by atoms with Crippen molar-refractivity contribution in [2.24, 2.45) is 0 Å². The number of nitrogens with two attached hydrogens (primary N) is 1. The lowest BCUT2D eigenvalue weighted by atomic mass is 10.1. The molecule has 1 aromatic rings. The monoisotopic (exact) mass is 273 g/mol. The van der Waals surface area contributed by atoms with Crippen LogP contribution < -0.4 is 11.1 Å². The Bertz CT molecular complexity index is 501. The van der Waals surface area contributed by atoms with Gasteiger partial charge in [-0.25, -0.2) is 0 Å². The van der Waals surface area contributed by atoms with Crippen molar-refractivity contribution in [1.29, 1.82) is 0 Å². The Kier molecular flexibility index (Phi) is 3.30. The van der Waals surface area contributed by atoms with Crippen molar-refractivity contribution in [2.45, 2.75) is 18.6 Å². The number of rotatable bonds is 2. The van der Waals surface area contributed by atoms with Crippen LogP contribution >= 0.6 is 0 Å². The van der Waals surface area contributed by atoms with Crippen LogP contribution in [0, 0.1) is 0 Å². The van der Waals surface area contributed by atoms with E-state index in [-0.39, 0.29) is 11.6 Å². The fourth-order valence-electron chi connectivity index (χ4n) is 2.01. The van der Waals surface area contributed by atoms with Gasteiger partial charge in [-0.2, -0.15) is 13.2 Å². The average Bonchev–Trinajstić information content (AvgIpc) is 2.62. The molecular weight excluding hydrogens is 259 g/mol. The zero-order valence-corrected chi connectivity index (χ0v) is 10.3. The van der Waals surface area contributed by atoms with Gasteiger partial charge in [-0.05, 0) is 24.6 Å². The molecule has 1 aliphatic heterocycles. The molecule has 3 N–H and O–H groups in total. The van der Waals surface area contributed by atoms with E-state index in [2.05, 4.69) is 5.32 Å². The zero-order chi connectivity index (χ0) is 14.2. The van der Waals surface area contributed by atoms with Crippen LogP contribution in [-0.2, 0) is 11.0 Å². The van der Waals surface area contributed by atoms with E-state index in [9.17, 15) is 18.0 Å². The SMILES string of the molecule is CN1CCC(Nc2ccc(C(F)(F)F)cc2N)C1=O. The van der Waals surface area contributed by atoms with E-state index in [0.717, 1.165) is 12.1 Å². The highest BCUT2D eigenvalue weighted by Gasteiger charge is 2.32. The molecule has 0 saturated carbocycles. The highest BCUT2D eigenvalue weighted by Crippen LogP contribution is 2.33. The zero-order valence-electron chi connectivity index (χ0n) is 10.3. The van der Waals surface area contributed by atoms with Gasteiger partial charge in [-0.3, -0.25) is 4.79 Å². The quantitative estimate of drug-likeness (QED) is 0.809. The fraction of sp³-hybridized carbons (Fsp3) is 0.417. The number of likely N-dealkylation sites (tertiary alicyclic amines) is 1. The summed E-state index contributed by atoms with van der Waals surface area (Å²) >= 11 is 0. The van der Waals surface area contributed by atoms with Crippen molar-refractivity contribution >= 4 is 17.3 Å². The van der Waals surface area contributed by atoms with Crippen LogP contribution in [-0.4, -0.2) is 30.4 Å². The summed E-state index contributed by atoms with van der Waals surface area (Å²) in [7, 11) is 1.68. The second kappa shape index (κ2) is 4.64. The molecule has 1 saturated heterocycles. The molecule has 0 radical (unpaired) electrons. The maximum atomic E-state index is 12.5. The molecule has 1 unspecified atom stereocenters. The van der Waals surface area contributed by atoms with Gasteiger partial charge in [-0.1, -0.05) is 0 Å². The molecule has 19 heavy (non-hydrogen) atoms. The molecule has 1 heterocycles. The number of alkyl halides is 3. The molecule has 0 bridgehead atoms. The van der Waals surface area contributed by atoms with E-state index < -0.39 is 17.8 Å². The van der Waals surface area contributed by atoms with Crippen molar-refractivity contribution in [1.82, 2.24) is 4.90 Å². The highest BCUT2D eigenvalue weighted by molar-refractivity contribution is 5.87. The standard InChI is InChI=1S/C12H14F3N3O/c1-18-5-4-10(11(18)19)17-9-3-2-7(6-8(9)16)12(13,14)15/h2-3,6,10,17H,4-5,16H2,1H3. The molecule has 104 valence electrons. The summed E-state index contributed by atoms with van der Waals surface area (Å²) in [6, 6.07) is 2.64. The maximum Gasteiger partial charge on any atom is 0.416 e. The van der Waals surface area contributed by atoms with Gasteiger partial charge in [0, 0.05) is 13.6 Å². The molecule has 1 fully saturated rings. The first kappa shape index (κ1) is 13.5. The largest absolute Gasteiger partial charge is 0.416 e. The summed E-state index contributed by atoms with van der Waals surface area (Å²) < 4.78 is 37.4. The normalized spacial score (nSPS) is 19.9. The highest BCUT2D eigenvalue weighted by atomic mass is 19.4. The summed E-state index contributed by atoms with van der Waals surface area (Å²) in [5.74, 6) is -0.0840. The second-order valence-corrected chi connectivity index (χ2v) is 4.55.